The smallest absolute Gasteiger partial charge is 0.222 e. The van der Waals surface area contributed by atoms with Gasteiger partial charge < -0.3 is 14.9 Å². The number of phenols is 1. The Hall–Kier alpha value is -1.55. The van der Waals surface area contributed by atoms with Crippen molar-refractivity contribution in [3.63, 3.8) is 0 Å². The maximum atomic E-state index is 12.6. The number of aromatic hydroxyl groups is 1. The summed E-state index contributed by atoms with van der Waals surface area (Å²) in [5, 5.41) is 9.45. The van der Waals surface area contributed by atoms with Crippen molar-refractivity contribution in [3.05, 3.63) is 29.8 Å². The summed E-state index contributed by atoms with van der Waals surface area (Å²) in [6, 6.07) is 8.13. The highest BCUT2D eigenvalue weighted by Crippen LogP contribution is 2.44. The predicted molar refractivity (Wildman–Crippen MR) is 91.5 cm³/mol. The van der Waals surface area contributed by atoms with Gasteiger partial charge in [-0.25, -0.2) is 0 Å². The number of likely N-dealkylation sites (N-methyl/N-ethyl adjacent to an activating group) is 2. The molecule has 3 rings (SSSR count). The summed E-state index contributed by atoms with van der Waals surface area (Å²) in [5.41, 5.74) is 1.18. The van der Waals surface area contributed by atoms with Gasteiger partial charge in [0, 0.05) is 32.6 Å². The minimum absolute atomic E-state index is 0.235. The third kappa shape index (κ3) is 4.47. The maximum Gasteiger partial charge on any atom is 0.222 e. The average molecular weight is 316 g/mol. The second kappa shape index (κ2) is 6.91. The van der Waals surface area contributed by atoms with Crippen LogP contribution in [0.5, 0.6) is 5.75 Å². The van der Waals surface area contributed by atoms with E-state index in [4.69, 9.17) is 0 Å². The Morgan fingerprint density at radius 1 is 1.13 bits per heavy atom. The molecule has 2 aliphatic carbocycles. The van der Waals surface area contributed by atoms with E-state index in [1.165, 1.54) is 31.2 Å². The summed E-state index contributed by atoms with van der Waals surface area (Å²) in [5.74, 6) is 1.45. The number of benzene rings is 1. The van der Waals surface area contributed by atoms with Crippen LogP contribution in [0, 0.1) is 5.92 Å². The van der Waals surface area contributed by atoms with Crippen LogP contribution in [0.1, 0.15) is 43.6 Å². The average Bonchev–Trinajstić information content (AvgIpc) is 3.41. The summed E-state index contributed by atoms with van der Waals surface area (Å²) in [4.78, 5) is 16.8. The summed E-state index contributed by atoms with van der Waals surface area (Å²) < 4.78 is 0. The minimum Gasteiger partial charge on any atom is -0.508 e. The van der Waals surface area contributed by atoms with Gasteiger partial charge in [-0.2, -0.15) is 0 Å². The largest absolute Gasteiger partial charge is 0.508 e. The van der Waals surface area contributed by atoms with Gasteiger partial charge in [-0.05, 0) is 62.3 Å². The van der Waals surface area contributed by atoms with Crippen molar-refractivity contribution >= 4 is 5.91 Å². The van der Waals surface area contributed by atoms with Gasteiger partial charge in [-0.1, -0.05) is 12.1 Å². The molecule has 0 unspecified atom stereocenters. The first-order valence-electron chi connectivity index (χ1n) is 8.77. The zero-order chi connectivity index (χ0) is 16.4. The second-order valence-corrected chi connectivity index (χ2v) is 7.27. The number of rotatable bonds is 8. The minimum atomic E-state index is 0.235. The van der Waals surface area contributed by atoms with Crippen molar-refractivity contribution in [1.82, 2.24) is 9.80 Å². The lowest BCUT2D eigenvalue weighted by Gasteiger charge is -2.24. The summed E-state index contributed by atoms with van der Waals surface area (Å²) in [6.07, 6.45) is 5.62. The fourth-order valence-corrected chi connectivity index (χ4v) is 3.25. The predicted octanol–water partition coefficient (Wildman–Crippen LogP) is 2.83. The number of amides is 1. The van der Waals surface area contributed by atoms with Gasteiger partial charge in [0.25, 0.3) is 0 Å². The first kappa shape index (κ1) is 16.3. The van der Waals surface area contributed by atoms with Crippen LogP contribution in [-0.2, 0) is 4.79 Å². The molecule has 0 heterocycles. The van der Waals surface area contributed by atoms with E-state index in [0.717, 1.165) is 19.1 Å². The summed E-state index contributed by atoms with van der Waals surface area (Å²) in [6.45, 7) is 1.76. The highest BCUT2D eigenvalue weighted by molar-refractivity contribution is 5.77. The van der Waals surface area contributed by atoms with E-state index in [9.17, 15) is 9.90 Å². The molecule has 0 spiro atoms. The lowest BCUT2D eigenvalue weighted by molar-refractivity contribution is -0.130. The van der Waals surface area contributed by atoms with E-state index in [1.54, 1.807) is 12.1 Å². The molecule has 4 heteroatoms. The number of nitrogens with zero attached hydrogens (tertiary/aromatic N) is 2. The Morgan fingerprint density at radius 2 is 1.78 bits per heavy atom. The molecular weight excluding hydrogens is 288 g/mol. The van der Waals surface area contributed by atoms with Gasteiger partial charge in [0.05, 0.1) is 0 Å². The van der Waals surface area contributed by atoms with Crippen molar-refractivity contribution in [2.45, 2.75) is 44.1 Å². The SMILES string of the molecule is CN(CCN(C)C1CC1)C(=O)C[C@H](c1ccc(O)cc1)C1CC1. The molecule has 2 saturated carbocycles. The Labute approximate surface area is 139 Å². The van der Waals surface area contributed by atoms with E-state index >= 15 is 0 Å². The van der Waals surface area contributed by atoms with Gasteiger partial charge in [0.1, 0.15) is 5.75 Å². The lowest BCUT2D eigenvalue weighted by Crippen LogP contribution is -2.36. The maximum absolute atomic E-state index is 12.6. The molecule has 1 aromatic rings. The van der Waals surface area contributed by atoms with Crippen molar-refractivity contribution < 1.29 is 9.90 Å². The highest BCUT2D eigenvalue weighted by Gasteiger charge is 2.34. The first-order valence-corrected chi connectivity index (χ1v) is 8.77. The van der Waals surface area contributed by atoms with Crippen LogP contribution < -0.4 is 0 Å². The molecule has 1 amide bonds. The second-order valence-electron chi connectivity index (χ2n) is 7.27. The van der Waals surface area contributed by atoms with Crippen molar-refractivity contribution in [2.75, 3.05) is 27.2 Å². The quantitative estimate of drug-likeness (QED) is 0.802. The van der Waals surface area contributed by atoms with Crippen LogP contribution in [0.15, 0.2) is 24.3 Å². The first-order chi connectivity index (χ1) is 11.0. The monoisotopic (exact) mass is 316 g/mol. The molecule has 0 saturated heterocycles. The van der Waals surface area contributed by atoms with Gasteiger partial charge >= 0.3 is 0 Å². The number of hydrogen-bond acceptors (Lipinski definition) is 3. The third-order valence-corrected chi connectivity index (χ3v) is 5.29. The van der Waals surface area contributed by atoms with Crippen LogP contribution in [0.3, 0.4) is 0 Å². The normalized spacial score (nSPS) is 18.9. The molecule has 0 radical (unpaired) electrons. The number of carbonyl (C=O) groups excluding carboxylic acids is 1. The van der Waals surface area contributed by atoms with Gasteiger partial charge in [0.2, 0.25) is 5.91 Å². The molecule has 2 aliphatic rings. The molecule has 1 atom stereocenters. The Bertz CT molecular complexity index is 535. The third-order valence-electron chi connectivity index (χ3n) is 5.29. The molecule has 0 bridgehead atoms. The Morgan fingerprint density at radius 3 is 2.35 bits per heavy atom. The van der Waals surface area contributed by atoms with Crippen molar-refractivity contribution in [3.8, 4) is 5.75 Å². The lowest BCUT2D eigenvalue weighted by atomic mass is 9.90. The summed E-state index contributed by atoms with van der Waals surface area (Å²) in [7, 11) is 4.07. The van der Waals surface area contributed by atoms with E-state index in [0.29, 0.717) is 18.3 Å². The van der Waals surface area contributed by atoms with Crippen molar-refractivity contribution in [2.24, 2.45) is 5.92 Å². The number of phenolic OH excluding ortho intramolecular Hbond substituents is 1. The van der Waals surface area contributed by atoms with E-state index in [-0.39, 0.29) is 11.7 Å². The Kier molecular flexibility index (Phi) is 4.90. The van der Waals surface area contributed by atoms with Crippen LogP contribution in [0.2, 0.25) is 0 Å². The number of carbonyl (C=O) groups is 1. The van der Waals surface area contributed by atoms with Gasteiger partial charge in [0.15, 0.2) is 0 Å². The van der Waals surface area contributed by atoms with Crippen molar-refractivity contribution in [1.29, 1.82) is 0 Å². The zero-order valence-electron chi connectivity index (χ0n) is 14.2. The standard InChI is InChI=1S/C19H28N2O2/c1-20(16-7-8-16)11-12-21(2)19(23)13-18(14-3-4-14)15-5-9-17(22)10-6-15/h5-6,9-10,14,16,18,22H,3-4,7-8,11-13H2,1-2H3/t18-/m0/s1. The molecule has 2 fully saturated rings. The van der Waals surface area contributed by atoms with Gasteiger partial charge in [-0.3, -0.25) is 4.79 Å². The zero-order valence-corrected chi connectivity index (χ0v) is 14.2. The Balaban J connectivity index is 1.54. The van der Waals surface area contributed by atoms with E-state index in [1.807, 2.05) is 24.1 Å². The highest BCUT2D eigenvalue weighted by atomic mass is 16.3. The number of hydrogen-bond donors (Lipinski definition) is 1. The summed E-state index contributed by atoms with van der Waals surface area (Å²) >= 11 is 0. The van der Waals surface area contributed by atoms with Crippen LogP contribution in [0.4, 0.5) is 0 Å². The van der Waals surface area contributed by atoms with Crippen LogP contribution in [0.25, 0.3) is 0 Å². The molecule has 4 nitrogen and oxygen atoms in total. The molecule has 126 valence electrons. The van der Waals surface area contributed by atoms with E-state index < -0.39 is 0 Å². The molecule has 1 N–H and O–H groups in total. The fraction of sp³-hybridized carbons (Fsp3) is 0.632. The molecule has 0 aromatic heterocycles. The van der Waals surface area contributed by atoms with E-state index in [2.05, 4.69) is 11.9 Å². The topological polar surface area (TPSA) is 43.8 Å². The van der Waals surface area contributed by atoms with Gasteiger partial charge in [-0.15, -0.1) is 0 Å². The van der Waals surface area contributed by atoms with Crippen LogP contribution in [-0.4, -0.2) is 54.0 Å². The fourth-order valence-electron chi connectivity index (χ4n) is 3.25. The molecule has 1 aromatic carbocycles. The molecule has 23 heavy (non-hydrogen) atoms. The molecule has 0 aliphatic heterocycles. The molecular formula is C19H28N2O2. The van der Waals surface area contributed by atoms with Crippen LogP contribution >= 0.6 is 0 Å².